The molecule has 0 bridgehead atoms. The molecule has 1 N–H and O–H groups in total. The van der Waals surface area contributed by atoms with Gasteiger partial charge < -0.3 is 14.8 Å². The Morgan fingerprint density at radius 1 is 1.10 bits per heavy atom. The lowest BCUT2D eigenvalue weighted by Crippen LogP contribution is -2.06. The van der Waals surface area contributed by atoms with E-state index < -0.39 is 0 Å². The van der Waals surface area contributed by atoms with Crippen LogP contribution in [0, 0.1) is 0 Å². The summed E-state index contributed by atoms with van der Waals surface area (Å²) in [5.74, 6) is 2.47. The standard InChI is InChI=1S/C16H20N2O2/c1-3-10-19-14-4-6-15(7-5-14)20-16-8-9-18-12-13(16)11-17-2/h4-9,12,17H,3,10-11H2,1-2H3. The first-order chi connectivity index (χ1) is 9.83. The van der Waals surface area contributed by atoms with Crippen molar-refractivity contribution in [3.8, 4) is 17.2 Å². The summed E-state index contributed by atoms with van der Waals surface area (Å²) in [5, 5.41) is 3.10. The molecule has 0 amide bonds. The van der Waals surface area contributed by atoms with Gasteiger partial charge in [0.15, 0.2) is 0 Å². The highest BCUT2D eigenvalue weighted by molar-refractivity contribution is 5.38. The third kappa shape index (κ3) is 3.96. The van der Waals surface area contributed by atoms with Gasteiger partial charge in [-0.1, -0.05) is 6.92 Å². The van der Waals surface area contributed by atoms with E-state index in [2.05, 4.69) is 17.2 Å². The topological polar surface area (TPSA) is 43.4 Å². The summed E-state index contributed by atoms with van der Waals surface area (Å²) in [6, 6.07) is 9.53. The van der Waals surface area contributed by atoms with Crippen molar-refractivity contribution in [1.82, 2.24) is 10.3 Å². The molecule has 106 valence electrons. The Morgan fingerprint density at radius 3 is 2.55 bits per heavy atom. The first-order valence-corrected chi connectivity index (χ1v) is 6.81. The molecule has 0 saturated carbocycles. The highest BCUT2D eigenvalue weighted by Crippen LogP contribution is 2.26. The second kappa shape index (κ2) is 7.50. The van der Waals surface area contributed by atoms with E-state index in [1.165, 1.54) is 0 Å². The third-order valence-electron chi connectivity index (χ3n) is 2.75. The van der Waals surface area contributed by atoms with E-state index in [1.807, 2.05) is 43.6 Å². The van der Waals surface area contributed by atoms with Crippen molar-refractivity contribution < 1.29 is 9.47 Å². The van der Waals surface area contributed by atoms with Crippen molar-refractivity contribution in [2.24, 2.45) is 0 Å². The summed E-state index contributed by atoms with van der Waals surface area (Å²) in [5.41, 5.74) is 1.03. The largest absolute Gasteiger partial charge is 0.494 e. The van der Waals surface area contributed by atoms with Crippen molar-refractivity contribution in [3.63, 3.8) is 0 Å². The molecule has 0 aliphatic rings. The SMILES string of the molecule is CCCOc1ccc(Oc2ccncc2CNC)cc1. The Hall–Kier alpha value is -2.07. The van der Waals surface area contributed by atoms with Gasteiger partial charge in [0.2, 0.25) is 0 Å². The average Bonchev–Trinajstić information content (AvgIpc) is 2.49. The van der Waals surface area contributed by atoms with Crippen LogP contribution in [0.2, 0.25) is 0 Å². The zero-order valence-electron chi connectivity index (χ0n) is 11.9. The maximum Gasteiger partial charge on any atom is 0.134 e. The third-order valence-corrected chi connectivity index (χ3v) is 2.75. The quantitative estimate of drug-likeness (QED) is 0.839. The molecule has 0 aliphatic carbocycles. The van der Waals surface area contributed by atoms with Crippen LogP contribution in [0.4, 0.5) is 0 Å². The molecule has 0 fully saturated rings. The van der Waals surface area contributed by atoms with E-state index in [1.54, 1.807) is 6.20 Å². The number of nitrogens with zero attached hydrogens (tertiary/aromatic N) is 1. The van der Waals surface area contributed by atoms with Crippen LogP contribution >= 0.6 is 0 Å². The molecule has 0 saturated heterocycles. The van der Waals surface area contributed by atoms with Gasteiger partial charge in [0.05, 0.1) is 6.61 Å². The number of hydrogen-bond acceptors (Lipinski definition) is 4. The van der Waals surface area contributed by atoms with Gasteiger partial charge in [-0.2, -0.15) is 0 Å². The van der Waals surface area contributed by atoms with Crippen molar-refractivity contribution in [3.05, 3.63) is 48.3 Å². The van der Waals surface area contributed by atoms with E-state index in [-0.39, 0.29) is 0 Å². The van der Waals surface area contributed by atoms with Gasteiger partial charge >= 0.3 is 0 Å². The van der Waals surface area contributed by atoms with Gasteiger partial charge in [0, 0.05) is 24.5 Å². The van der Waals surface area contributed by atoms with E-state index in [0.29, 0.717) is 0 Å². The number of benzene rings is 1. The van der Waals surface area contributed by atoms with Crippen LogP contribution in [0.5, 0.6) is 17.2 Å². The van der Waals surface area contributed by atoms with Crippen LogP contribution < -0.4 is 14.8 Å². The molecule has 1 heterocycles. The Bertz CT molecular complexity index is 526. The minimum atomic E-state index is 0.723. The van der Waals surface area contributed by atoms with Crippen molar-refractivity contribution in [2.75, 3.05) is 13.7 Å². The second-order valence-electron chi connectivity index (χ2n) is 4.44. The highest BCUT2D eigenvalue weighted by atomic mass is 16.5. The molecule has 2 rings (SSSR count). The predicted molar refractivity (Wildman–Crippen MR) is 79.3 cm³/mol. The molecule has 2 aromatic rings. The maximum atomic E-state index is 5.89. The van der Waals surface area contributed by atoms with Gasteiger partial charge in [-0.3, -0.25) is 4.98 Å². The Morgan fingerprint density at radius 2 is 1.85 bits per heavy atom. The first kappa shape index (κ1) is 14.3. The van der Waals surface area contributed by atoms with Crippen LogP contribution in [0.25, 0.3) is 0 Å². The lowest BCUT2D eigenvalue weighted by Gasteiger charge is -2.11. The fourth-order valence-corrected chi connectivity index (χ4v) is 1.79. The summed E-state index contributed by atoms with van der Waals surface area (Å²) in [4.78, 5) is 4.11. The predicted octanol–water partition coefficient (Wildman–Crippen LogP) is 3.38. The van der Waals surface area contributed by atoms with Crippen LogP contribution in [0.1, 0.15) is 18.9 Å². The monoisotopic (exact) mass is 272 g/mol. The lowest BCUT2D eigenvalue weighted by molar-refractivity contribution is 0.317. The lowest BCUT2D eigenvalue weighted by atomic mass is 10.2. The Kier molecular flexibility index (Phi) is 5.38. The van der Waals surface area contributed by atoms with Gasteiger partial charge in [-0.25, -0.2) is 0 Å². The molecule has 0 radical (unpaired) electrons. The number of nitrogens with one attached hydrogen (secondary N) is 1. The molecular weight excluding hydrogens is 252 g/mol. The molecule has 1 aromatic heterocycles. The summed E-state index contributed by atoms with van der Waals surface area (Å²) in [6.07, 6.45) is 4.54. The van der Waals surface area contributed by atoms with Crippen LogP contribution in [0.15, 0.2) is 42.7 Å². The molecule has 4 heteroatoms. The highest BCUT2D eigenvalue weighted by Gasteiger charge is 2.04. The number of pyridine rings is 1. The van der Waals surface area contributed by atoms with Crippen molar-refractivity contribution in [2.45, 2.75) is 19.9 Å². The van der Waals surface area contributed by atoms with Crippen molar-refractivity contribution in [1.29, 1.82) is 0 Å². The van der Waals surface area contributed by atoms with Gasteiger partial charge in [0.25, 0.3) is 0 Å². The van der Waals surface area contributed by atoms with Crippen LogP contribution in [0.3, 0.4) is 0 Å². The van der Waals surface area contributed by atoms with E-state index >= 15 is 0 Å². The first-order valence-electron chi connectivity index (χ1n) is 6.81. The number of ether oxygens (including phenoxy) is 2. The van der Waals surface area contributed by atoms with Gasteiger partial charge in [0.1, 0.15) is 17.2 Å². The number of aromatic nitrogens is 1. The van der Waals surface area contributed by atoms with E-state index in [4.69, 9.17) is 9.47 Å². The smallest absolute Gasteiger partial charge is 0.134 e. The minimum absolute atomic E-state index is 0.723. The molecule has 0 unspecified atom stereocenters. The van der Waals surface area contributed by atoms with E-state index in [0.717, 1.165) is 42.4 Å². The van der Waals surface area contributed by atoms with Gasteiger partial charge in [-0.15, -0.1) is 0 Å². The van der Waals surface area contributed by atoms with Gasteiger partial charge in [-0.05, 0) is 43.8 Å². The fourth-order valence-electron chi connectivity index (χ4n) is 1.79. The number of hydrogen-bond donors (Lipinski definition) is 1. The Labute approximate surface area is 119 Å². The van der Waals surface area contributed by atoms with Crippen LogP contribution in [-0.4, -0.2) is 18.6 Å². The molecule has 4 nitrogen and oxygen atoms in total. The van der Waals surface area contributed by atoms with Crippen molar-refractivity contribution >= 4 is 0 Å². The molecule has 1 aromatic carbocycles. The van der Waals surface area contributed by atoms with Crippen LogP contribution in [-0.2, 0) is 6.54 Å². The average molecular weight is 272 g/mol. The summed E-state index contributed by atoms with van der Waals surface area (Å²) < 4.78 is 11.4. The summed E-state index contributed by atoms with van der Waals surface area (Å²) >= 11 is 0. The number of rotatable bonds is 7. The Balaban J connectivity index is 2.06. The molecular formula is C16H20N2O2. The second-order valence-corrected chi connectivity index (χ2v) is 4.44. The fraction of sp³-hybridized carbons (Fsp3) is 0.312. The normalized spacial score (nSPS) is 10.3. The summed E-state index contributed by atoms with van der Waals surface area (Å²) in [7, 11) is 1.90. The summed E-state index contributed by atoms with van der Waals surface area (Å²) in [6.45, 7) is 3.54. The molecule has 20 heavy (non-hydrogen) atoms. The molecule has 0 aliphatic heterocycles. The zero-order valence-corrected chi connectivity index (χ0v) is 11.9. The minimum Gasteiger partial charge on any atom is -0.494 e. The zero-order chi connectivity index (χ0) is 14.2. The molecule has 0 spiro atoms. The maximum absolute atomic E-state index is 5.89. The molecule has 0 atom stereocenters. The van der Waals surface area contributed by atoms with E-state index in [9.17, 15) is 0 Å².